The maximum Gasteiger partial charge on any atom is 0.220 e. The van der Waals surface area contributed by atoms with E-state index < -0.39 is 0 Å². The lowest BCUT2D eigenvalue weighted by atomic mass is 10.0. The SMILES string of the molecule is CCCOc1ccc(CCC(=O)NCC2CNC2)cc1.Cl. The molecule has 1 heterocycles. The smallest absolute Gasteiger partial charge is 0.220 e. The first-order chi connectivity index (χ1) is 9.78. The molecule has 1 fully saturated rings. The van der Waals surface area contributed by atoms with Crippen molar-refractivity contribution in [3.8, 4) is 5.75 Å². The van der Waals surface area contributed by atoms with Gasteiger partial charge in [-0.2, -0.15) is 0 Å². The summed E-state index contributed by atoms with van der Waals surface area (Å²) < 4.78 is 5.53. The second-order valence-electron chi connectivity index (χ2n) is 5.32. The highest BCUT2D eigenvalue weighted by molar-refractivity contribution is 5.85. The molecule has 1 aromatic carbocycles. The normalized spacial score (nSPS) is 14.0. The zero-order valence-electron chi connectivity index (χ0n) is 12.6. The summed E-state index contributed by atoms with van der Waals surface area (Å²) in [6, 6.07) is 8.02. The number of hydrogen-bond acceptors (Lipinski definition) is 3. The highest BCUT2D eigenvalue weighted by Crippen LogP contribution is 2.13. The van der Waals surface area contributed by atoms with Crippen LogP contribution in [0.1, 0.15) is 25.3 Å². The summed E-state index contributed by atoms with van der Waals surface area (Å²) in [5.74, 6) is 1.66. The molecule has 1 amide bonds. The van der Waals surface area contributed by atoms with Crippen LogP contribution in [0.3, 0.4) is 0 Å². The number of aryl methyl sites for hydroxylation is 1. The maximum atomic E-state index is 11.7. The molecule has 0 unspecified atom stereocenters. The Bertz CT molecular complexity index is 419. The van der Waals surface area contributed by atoms with Crippen LogP contribution in [0.5, 0.6) is 5.75 Å². The van der Waals surface area contributed by atoms with Crippen molar-refractivity contribution in [3.05, 3.63) is 29.8 Å². The fourth-order valence-electron chi connectivity index (χ4n) is 2.07. The van der Waals surface area contributed by atoms with Crippen molar-refractivity contribution < 1.29 is 9.53 Å². The number of nitrogens with one attached hydrogen (secondary N) is 2. The van der Waals surface area contributed by atoms with Gasteiger partial charge in [-0.25, -0.2) is 0 Å². The Balaban J connectivity index is 0.00000220. The van der Waals surface area contributed by atoms with Crippen LogP contribution in [0.15, 0.2) is 24.3 Å². The van der Waals surface area contributed by atoms with Gasteiger partial charge in [0.1, 0.15) is 5.75 Å². The number of hydrogen-bond donors (Lipinski definition) is 2. The lowest BCUT2D eigenvalue weighted by Gasteiger charge is -2.27. The molecule has 1 saturated heterocycles. The summed E-state index contributed by atoms with van der Waals surface area (Å²) in [6.45, 7) is 5.69. The molecule has 0 bridgehead atoms. The molecule has 0 aromatic heterocycles. The number of benzene rings is 1. The zero-order chi connectivity index (χ0) is 14.2. The molecule has 21 heavy (non-hydrogen) atoms. The Hall–Kier alpha value is -1.26. The summed E-state index contributed by atoms with van der Waals surface area (Å²) >= 11 is 0. The van der Waals surface area contributed by atoms with Crippen molar-refractivity contribution in [3.63, 3.8) is 0 Å². The van der Waals surface area contributed by atoms with Crippen molar-refractivity contribution in [2.24, 2.45) is 5.92 Å². The molecule has 1 aliphatic heterocycles. The van der Waals surface area contributed by atoms with E-state index in [0.717, 1.165) is 44.8 Å². The van der Waals surface area contributed by atoms with Crippen LogP contribution >= 0.6 is 12.4 Å². The van der Waals surface area contributed by atoms with Gasteiger partial charge in [-0.15, -0.1) is 12.4 Å². The third-order valence-corrected chi connectivity index (χ3v) is 3.49. The van der Waals surface area contributed by atoms with Crippen LogP contribution in [0, 0.1) is 5.92 Å². The van der Waals surface area contributed by atoms with Crippen LogP contribution in [0.2, 0.25) is 0 Å². The fourth-order valence-corrected chi connectivity index (χ4v) is 2.07. The maximum absolute atomic E-state index is 11.7. The van der Waals surface area contributed by atoms with E-state index in [9.17, 15) is 4.79 Å². The average Bonchev–Trinajstić information content (AvgIpc) is 2.42. The van der Waals surface area contributed by atoms with Gasteiger partial charge in [-0.3, -0.25) is 4.79 Å². The molecule has 4 nitrogen and oxygen atoms in total. The minimum atomic E-state index is 0. The number of ether oxygens (including phenoxy) is 1. The highest BCUT2D eigenvalue weighted by Gasteiger charge is 2.16. The van der Waals surface area contributed by atoms with Crippen LogP contribution in [0.4, 0.5) is 0 Å². The number of rotatable bonds is 8. The van der Waals surface area contributed by atoms with Gasteiger partial charge in [-0.05, 0) is 30.5 Å². The molecule has 1 aromatic rings. The summed E-state index contributed by atoms with van der Waals surface area (Å²) in [5.41, 5.74) is 1.18. The van der Waals surface area contributed by atoms with Crippen LogP contribution in [-0.2, 0) is 11.2 Å². The molecule has 1 aliphatic rings. The molecule has 118 valence electrons. The van der Waals surface area contributed by atoms with E-state index in [2.05, 4.69) is 17.6 Å². The Kier molecular flexibility index (Phi) is 8.16. The second kappa shape index (κ2) is 9.64. The van der Waals surface area contributed by atoms with Crippen molar-refractivity contribution in [1.82, 2.24) is 10.6 Å². The number of carbonyl (C=O) groups is 1. The summed E-state index contributed by atoms with van der Waals surface area (Å²) in [4.78, 5) is 11.7. The molecule has 2 N–H and O–H groups in total. The molecule has 0 aliphatic carbocycles. The topological polar surface area (TPSA) is 50.4 Å². The van der Waals surface area contributed by atoms with Gasteiger partial charge >= 0.3 is 0 Å². The monoisotopic (exact) mass is 312 g/mol. The van der Waals surface area contributed by atoms with Gasteiger partial charge < -0.3 is 15.4 Å². The first-order valence-electron chi connectivity index (χ1n) is 7.47. The lowest BCUT2D eigenvalue weighted by molar-refractivity contribution is -0.121. The van der Waals surface area contributed by atoms with E-state index >= 15 is 0 Å². The van der Waals surface area contributed by atoms with E-state index in [0.29, 0.717) is 12.3 Å². The predicted molar refractivity (Wildman–Crippen MR) is 87.2 cm³/mol. The van der Waals surface area contributed by atoms with E-state index in [1.54, 1.807) is 0 Å². The molecule has 2 rings (SSSR count). The first-order valence-corrected chi connectivity index (χ1v) is 7.47. The molecule has 0 radical (unpaired) electrons. The van der Waals surface area contributed by atoms with E-state index in [1.165, 1.54) is 5.56 Å². The first kappa shape index (κ1) is 17.8. The summed E-state index contributed by atoms with van der Waals surface area (Å²) in [6.07, 6.45) is 2.34. The van der Waals surface area contributed by atoms with Crippen molar-refractivity contribution in [2.45, 2.75) is 26.2 Å². The largest absolute Gasteiger partial charge is 0.494 e. The lowest BCUT2D eigenvalue weighted by Crippen LogP contribution is -2.48. The Morgan fingerprint density at radius 1 is 1.33 bits per heavy atom. The summed E-state index contributed by atoms with van der Waals surface area (Å²) in [7, 11) is 0. The van der Waals surface area contributed by atoms with Gasteiger partial charge in [0, 0.05) is 32.0 Å². The molecule has 0 saturated carbocycles. The van der Waals surface area contributed by atoms with Gasteiger partial charge in [0.15, 0.2) is 0 Å². The fraction of sp³-hybridized carbons (Fsp3) is 0.562. The second-order valence-corrected chi connectivity index (χ2v) is 5.32. The van der Waals surface area contributed by atoms with Crippen molar-refractivity contribution in [1.29, 1.82) is 0 Å². The third kappa shape index (κ3) is 6.36. The van der Waals surface area contributed by atoms with Gasteiger partial charge in [0.05, 0.1) is 6.61 Å². The van der Waals surface area contributed by atoms with Crippen LogP contribution < -0.4 is 15.4 Å². The van der Waals surface area contributed by atoms with Gasteiger partial charge in [-0.1, -0.05) is 19.1 Å². The highest BCUT2D eigenvalue weighted by atomic mass is 35.5. The van der Waals surface area contributed by atoms with Gasteiger partial charge in [0.25, 0.3) is 0 Å². The quantitative estimate of drug-likeness (QED) is 0.773. The molecule has 0 atom stereocenters. The van der Waals surface area contributed by atoms with Crippen molar-refractivity contribution in [2.75, 3.05) is 26.2 Å². The average molecular weight is 313 g/mol. The standard InChI is InChI=1S/C16H24N2O2.ClH/c1-2-9-20-15-6-3-13(4-7-15)5-8-16(19)18-12-14-10-17-11-14;/h3-4,6-7,14,17H,2,5,8-12H2,1H3,(H,18,19);1H. The minimum absolute atomic E-state index is 0. The molecular formula is C16H25ClN2O2. The van der Waals surface area contributed by atoms with Crippen LogP contribution in [0.25, 0.3) is 0 Å². The molecule has 0 spiro atoms. The molecular weight excluding hydrogens is 288 g/mol. The van der Waals surface area contributed by atoms with E-state index in [1.807, 2.05) is 24.3 Å². The van der Waals surface area contributed by atoms with E-state index in [4.69, 9.17) is 4.74 Å². The number of amides is 1. The minimum Gasteiger partial charge on any atom is -0.494 e. The third-order valence-electron chi connectivity index (χ3n) is 3.49. The summed E-state index contributed by atoms with van der Waals surface area (Å²) in [5, 5.41) is 6.19. The van der Waals surface area contributed by atoms with Crippen LogP contribution in [-0.4, -0.2) is 32.1 Å². The Labute approximate surface area is 133 Å². The van der Waals surface area contributed by atoms with Gasteiger partial charge in [0.2, 0.25) is 5.91 Å². The van der Waals surface area contributed by atoms with E-state index in [-0.39, 0.29) is 18.3 Å². The Morgan fingerprint density at radius 3 is 2.62 bits per heavy atom. The zero-order valence-corrected chi connectivity index (χ0v) is 13.4. The molecule has 5 heteroatoms. The number of halogens is 1. The number of carbonyl (C=O) groups excluding carboxylic acids is 1. The predicted octanol–water partition coefficient (Wildman–Crippen LogP) is 2.17. The Morgan fingerprint density at radius 2 is 2.05 bits per heavy atom. The van der Waals surface area contributed by atoms with Crippen molar-refractivity contribution >= 4 is 18.3 Å².